The second-order valence-corrected chi connectivity index (χ2v) is 54.1. The van der Waals surface area contributed by atoms with Crippen molar-refractivity contribution in [2.24, 2.45) is 22.7 Å². The number of halogens is 2. The molecule has 30 heavy (non-hydrogen) atoms. The van der Waals surface area contributed by atoms with Crippen LogP contribution in [0.2, 0.25) is 9.36 Å². The van der Waals surface area contributed by atoms with E-state index in [9.17, 15) is 0 Å². The molecular weight excluding hydrogens is 590 g/mol. The molecule has 0 nitrogen and oxygen atoms in total. The molecule has 2 aliphatic rings. The zero-order valence-corrected chi connectivity index (χ0v) is 28.4. The molecule has 4 heteroatoms. The van der Waals surface area contributed by atoms with Crippen LogP contribution in [0.1, 0.15) is 82.1 Å². The smallest absolute Gasteiger partial charge is 0.147 e. The molecule has 0 saturated heterocycles. The zero-order chi connectivity index (χ0) is 21.9. The molecule has 2 rings (SSSR count). The van der Waals surface area contributed by atoms with Crippen molar-refractivity contribution in [2.45, 2.75) is 91.4 Å². The third-order valence-corrected chi connectivity index (χ3v) is 31.2. The molecule has 0 amide bonds. The van der Waals surface area contributed by atoms with Crippen LogP contribution in [0.15, 0.2) is 41.1 Å². The fourth-order valence-corrected chi connectivity index (χ4v) is 26.4. The second kappa shape index (κ2) is 9.47. The van der Waals surface area contributed by atoms with Crippen LogP contribution in [0.4, 0.5) is 0 Å². The maximum Gasteiger partial charge on any atom is -0.147 e. The molecule has 0 unspecified atom stereocenters. The Morgan fingerprint density at radius 1 is 0.700 bits per heavy atom. The van der Waals surface area contributed by atoms with E-state index >= 15 is 0 Å². The second-order valence-electron chi connectivity index (χ2n) is 13.1. The molecule has 2 aliphatic carbocycles. The van der Waals surface area contributed by atoms with Crippen molar-refractivity contribution in [3.8, 4) is 0 Å². The van der Waals surface area contributed by atoms with Crippen LogP contribution < -0.4 is 0 Å². The Morgan fingerprint density at radius 3 is 1.17 bits per heavy atom. The van der Waals surface area contributed by atoms with Crippen molar-refractivity contribution in [1.82, 2.24) is 0 Å². The summed E-state index contributed by atoms with van der Waals surface area (Å²) in [6.45, 7) is 26.5. The van der Waals surface area contributed by atoms with Gasteiger partial charge in [0.05, 0.1) is 0 Å². The molecule has 0 heterocycles. The van der Waals surface area contributed by atoms with Crippen LogP contribution in [-0.4, -0.2) is 6.94 Å². The van der Waals surface area contributed by atoms with Gasteiger partial charge in [0.1, 0.15) is 0 Å². The van der Waals surface area contributed by atoms with Gasteiger partial charge in [0.15, 0.2) is 0 Å². The summed E-state index contributed by atoms with van der Waals surface area (Å²) in [6.07, 6.45) is 7.66. The molecule has 174 valence electrons. The standard InChI is InChI=1S/2C12H19.2CH3.2ClH.Hf.H2Si/c2*1-9(2)10-6-7-11(8-10)12(3,4)5;;;;;;/h2*8-9H,6H2,1-5H3;2*1H3;2*1H;;1H2. The van der Waals surface area contributed by atoms with E-state index in [4.69, 9.17) is 0 Å². The molecule has 0 radical (unpaired) electrons. The SMILES string of the molecule is CC(C)C1=CC(C(C)(C)C)=[C]([Hf]([CH3])([CH3])(=[SiH2])[C]2=C(C(C)(C)C)C=C(C(C)C)C2)C1.Cl.Cl. The van der Waals surface area contributed by atoms with Crippen LogP contribution in [0.25, 0.3) is 0 Å². The summed E-state index contributed by atoms with van der Waals surface area (Å²) in [7, 11) is 0. The van der Waals surface area contributed by atoms with E-state index < -0.39 is 17.1 Å². The van der Waals surface area contributed by atoms with Crippen molar-refractivity contribution in [3.05, 3.63) is 41.1 Å². The maximum absolute atomic E-state index is 3.42. The largest absolute Gasteiger partial charge is 0.147 e. The molecule has 0 fully saturated rings. The molecule has 0 atom stereocenters. The van der Waals surface area contributed by atoms with Gasteiger partial charge in [0, 0.05) is 0 Å². The molecule has 0 N–H and O–H groups in total. The fourth-order valence-electron chi connectivity index (χ4n) is 4.94. The van der Waals surface area contributed by atoms with Crippen molar-refractivity contribution in [2.75, 3.05) is 0 Å². The van der Waals surface area contributed by atoms with Gasteiger partial charge in [0.25, 0.3) is 0 Å². The number of hydrogen-bond acceptors (Lipinski definition) is 0. The van der Waals surface area contributed by atoms with Crippen LogP contribution in [0, 0.1) is 22.7 Å². The van der Waals surface area contributed by atoms with Gasteiger partial charge in [-0.1, -0.05) is 0 Å². The average molecular weight is 638 g/mol. The minimum Gasteiger partial charge on any atom is -0.147 e. The van der Waals surface area contributed by atoms with Crippen molar-refractivity contribution in [1.29, 1.82) is 0 Å². The fraction of sp³-hybridized carbons (Fsp3) is 0.692. The van der Waals surface area contributed by atoms with Crippen molar-refractivity contribution < 1.29 is 17.1 Å². The minimum absolute atomic E-state index is 0. The first-order valence-electron chi connectivity index (χ1n) is 11.3. The molecule has 0 aliphatic heterocycles. The summed E-state index contributed by atoms with van der Waals surface area (Å²) in [5, 5.41) is 0. The summed E-state index contributed by atoms with van der Waals surface area (Å²) >= 11 is -3.42. The van der Waals surface area contributed by atoms with Gasteiger partial charge in [-0.3, -0.25) is 0 Å². The molecule has 0 bridgehead atoms. The van der Waals surface area contributed by atoms with Crippen LogP contribution in [-0.2, 0) is 17.1 Å². The quantitative estimate of drug-likeness (QED) is 0.271. The van der Waals surface area contributed by atoms with Gasteiger partial charge in [0.2, 0.25) is 0 Å². The summed E-state index contributed by atoms with van der Waals surface area (Å²) < 4.78 is 9.24. The monoisotopic (exact) mass is 638 g/mol. The normalized spacial score (nSPS) is 18.6. The third kappa shape index (κ3) is 5.94. The topological polar surface area (TPSA) is 0 Å². The van der Waals surface area contributed by atoms with Crippen LogP contribution >= 0.6 is 24.8 Å². The van der Waals surface area contributed by atoms with Crippen molar-refractivity contribution in [3.63, 3.8) is 0 Å². The maximum atomic E-state index is 2.74. The first kappa shape index (κ1) is 30.6. The summed E-state index contributed by atoms with van der Waals surface area (Å²) in [4.78, 5) is 0. The summed E-state index contributed by atoms with van der Waals surface area (Å²) in [5.41, 5.74) is 7.12. The summed E-state index contributed by atoms with van der Waals surface area (Å²) in [6, 6.07) is 0. The Balaban J connectivity index is 0.00000420. The van der Waals surface area contributed by atoms with Crippen LogP contribution in [0.3, 0.4) is 0 Å². The van der Waals surface area contributed by atoms with Gasteiger partial charge in [-0.25, -0.2) is 0 Å². The third-order valence-electron chi connectivity index (χ3n) is 7.11. The molecule has 0 spiro atoms. The number of rotatable bonds is 4. The predicted octanol–water partition coefficient (Wildman–Crippen LogP) is 8.74. The van der Waals surface area contributed by atoms with E-state index in [0.29, 0.717) is 11.8 Å². The Kier molecular flexibility index (Phi) is 9.67. The first-order valence-corrected chi connectivity index (χ1v) is 30.4. The molecule has 0 saturated carbocycles. The van der Waals surface area contributed by atoms with Crippen molar-refractivity contribution >= 4 is 31.8 Å². The van der Waals surface area contributed by atoms with Gasteiger partial charge >= 0.3 is 179 Å². The van der Waals surface area contributed by atoms with Gasteiger partial charge in [-0.2, -0.15) is 0 Å². The Bertz CT molecular complexity index is 794. The number of hydrogen-bond donors (Lipinski definition) is 0. The van der Waals surface area contributed by atoms with E-state index in [0.717, 1.165) is 0 Å². The molecule has 0 aromatic heterocycles. The van der Waals surface area contributed by atoms with E-state index in [1.807, 2.05) is 6.66 Å². The van der Waals surface area contributed by atoms with Gasteiger partial charge in [-0.15, -0.1) is 24.8 Å². The van der Waals surface area contributed by atoms with Gasteiger partial charge < -0.3 is 0 Å². The zero-order valence-electron chi connectivity index (χ0n) is 21.7. The van der Waals surface area contributed by atoms with Gasteiger partial charge in [-0.05, 0) is 0 Å². The molecule has 0 aromatic rings. The van der Waals surface area contributed by atoms with Crippen LogP contribution in [0.5, 0.6) is 0 Å². The van der Waals surface area contributed by atoms with E-state index in [2.05, 4.69) is 97.7 Å². The molecule has 0 aromatic carbocycles. The number of allylic oxidation sites excluding steroid dienone is 8. The molecular formula is C26H48Cl2HfSi. The first-order chi connectivity index (χ1) is 12.3. The van der Waals surface area contributed by atoms with E-state index in [1.54, 1.807) is 22.3 Å². The Labute approximate surface area is 202 Å². The van der Waals surface area contributed by atoms with E-state index in [1.165, 1.54) is 12.8 Å². The Morgan fingerprint density at radius 2 is 0.967 bits per heavy atom. The summed E-state index contributed by atoms with van der Waals surface area (Å²) in [5.74, 6) is 1.30. The average Bonchev–Trinajstić information content (AvgIpc) is 3.12. The Hall–Kier alpha value is 0.627. The predicted molar refractivity (Wildman–Crippen MR) is 143 cm³/mol. The minimum atomic E-state index is -3.42. The van der Waals surface area contributed by atoms with E-state index in [-0.39, 0.29) is 35.6 Å².